The van der Waals surface area contributed by atoms with Crippen LogP contribution in [-0.2, 0) is 17.9 Å². The molecule has 6 nitrogen and oxygen atoms in total. The Labute approximate surface area is 143 Å². The maximum Gasteiger partial charge on any atom is 0.222 e. The van der Waals surface area contributed by atoms with Crippen molar-refractivity contribution in [1.29, 1.82) is 0 Å². The fourth-order valence-electron chi connectivity index (χ4n) is 2.22. The summed E-state index contributed by atoms with van der Waals surface area (Å²) in [5.41, 5.74) is 1.10. The molecule has 0 aliphatic heterocycles. The number of nitrogens with one attached hydrogen (secondary N) is 3. The van der Waals surface area contributed by atoms with Crippen molar-refractivity contribution >= 4 is 11.9 Å². The molecule has 0 saturated carbocycles. The number of hydrogen-bond acceptors (Lipinski definition) is 2. The molecule has 0 atom stereocenters. The van der Waals surface area contributed by atoms with Crippen LogP contribution in [0.2, 0.25) is 0 Å². The zero-order valence-electron chi connectivity index (χ0n) is 14.0. The molecule has 0 spiro atoms. The minimum Gasteiger partial charge on any atom is -0.356 e. The van der Waals surface area contributed by atoms with Gasteiger partial charge in [-0.25, -0.2) is 0 Å². The van der Waals surface area contributed by atoms with Crippen LogP contribution >= 0.6 is 0 Å². The second-order valence-corrected chi connectivity index (χ2v) is 5.36. The molecular weight excluding hydrogens is 302 g/mol. The minimum atomic E-state index is 0.0224. The molecule has 1 aromatic heterocycles. The van der Waals surface area contributed by atoms with Crippen molar-refractivity contribution in [2.75, 3.05) is 20.1 Å². The van der Waals surface area contributed by atoms with E-state index in [1.54, 1.807) is 7.05 Å². The highest BCUT2D eigenvalue weighted by Crippen LogP contribution is 1.97. The standard InChI is InChI=1S/C18H25N5O/c1-19-18(21-11-14-23-12-5-6-13-23)20-10-9-17(24)22-15-16-7-3-2-4-8-16/h2-8,12-13H,9-11,14-15H2,1H3,(H,22,24)(H2,19,20,21). The first-order chi connectivity index (χ1) is 11.8. The summed E-state index contributed by atoms with van der Waals surface area (Å²) in [5.74, 6) is 0.729. The zero-order valence-corrected chi connectivity index (χ0v) is 14.0. The van der Waals surface area contributed by atoms with Crippen molar-refractivity contribution in [1.82, 2.24) is 20.5 Å². The molecule has 0 fully saturated rings. The number of nitrogens with zero attached hydrogens (tertiary/aromatic N) is 2. The molecule has 1 heterocycles. The second kappa shape index (κ2) is 10.1. The van der Waals surface area contributed by atoms with Gasteiger partial charge in [0.05, 0.1) is 0 Å². The first-order valence-electron chi connectivity index (χ1n) is 8.14. The number of guanidine groups is 1. The Morgan fingerprint density at radius 2 is 1.71 bits per heavy atom. The Kier molecular flexibility index (Phi) is 7.40. The van der Waals surface area contributed by atoms with Crippen LogP contribution in [0.25, 0.3) is 0 Å². The first kappa shape index (κ1) is 17.6. The van der Waals surface area contributed by atoms with Crippen LogP contribution in [-0.4, -0.2) is 36.6 Å². The van der Waals surface area contributed by atoms with Gasteiger partial charge in [-0.2, -0.15) is 0 Å². The number of benzene rings is 1. The van der Waals surface area contributed by atoms with Gasteiger partial charge >= 0.3 is 0 Å². The summed E-state index contributed by atoms with van der Waals surface area (Å²) >= 11 is 0. The zero-order chi connectivity index (χ0) is 17.0. The summed E-state index contributed by atoms with van der Waals surface area (Å²) in [7, 11) is 1.72. The predicted molar refractivity (Wildman–Crippen MR) is 96.7 cm³/mol. The third-order valence-corrected chi connectivity index (χ3v) is 3.53. The molecule has 2 rings (SSSR count). The summed E-state index contributed by atoms with van der Waals surface area (Å²) in [5, 5.41) is 9.28. The van der Waals surface area contributed by atoms with Gasteiger partial charge < -0.3 is 20.5 Å². The second-order valence-electron chi connectivity index (χ2n) is 5.36. The van der Waals surface area contributed by atoms with Crippen LogP contribution in [0.1, 0.15) is 12.0 Å². The molecule has 0 bridgehead atoms. The van der Waals surface area contributed by atoms with E-state index in [0.29, 0.717) is 25.5 Å². The van der Waals surface area contributed by atoms with E-state index in [-0.39, 0.29) is 5.91 Å². The van der Waals surface area contributed by atoms with Crippen molar-refractivity contribution in [2.45, 2.75) is 19.5 Å². The molecule has 1 amide bonds. The van der Waals surface area contributed by atoms with E-state index in [1.165, 1.54) is 0 Å². The number of hydrogen-bond donors (Lipinski definition) is 3. The van der Waals surface area contributed by atoms with Crippen LogP contribution in [0.3, 0.4) is 0 Å². The Morgan fingerprint density at radius 3 is 2.42 bits per heavy atom. The molecule has 24 heavy (non-hydrogen) atoms. The van der Waals surface area contributed by atoms with Gasteiger partial charge in [0.25, 0.3) is 0 Å². The Hall–Kier alpha value is -2.76. The maximum absolute atomic E-state index is 11.8. The average Bonchev–Trinajstić information content (AvgIpc) is 3.13. The van der Waals surface area contributed by atoms with E-state index in [0.717, 1.165) is 18.7 Å². The summed E-state index contributed by atoms with van der Waals surface area (Å²) in [6, 6.07) is 13.9. The van der Waals surface area contributed by atoms with E-state index in [1.807, 2.05) is 54.9 Å². The average molecular weight is 327 g/mol. The van der Waals surface area contributed by atoms with E-state index in [9.17, 15) is 4.79 Å². The molecular formula is C18H25N5O. The first-order valence-corrected chi connectivity index (χ1v) is 8.14. The fourth-order valence-corrected chi connectivity index (χ4v) is 2.22. The topological polar surface area (TPSA) is 70.4 Å². The van der Waals surface area contributed by atoms with Crippen LogP contribution in [0.4, 0.5) is 0 Å². The molecule has 0 aliphatic rings. The molecule has 2 aromatic rings. The number of rotatable bonds is 8. The van der Waals surface area contributed by atoms with Gasteiger partial charge in [0.15, 0.2) is 5.96 Å². The SMILES string of the molecule is CN=C(NCCC(=O)NCc1ccccc1)NCCn1cccc1. The quantitative estimate of drug-likeness (QED) is 0.506. The largest absolute Gasteiger partial charge is 0.356 e. The van der Waals surface area contributed by atoms with Gasteiger partial charge in [-0.1, -0.05) is 30.3 Å². The minimum absolute atomic E-state index is 0.0224. The van der Waals surface area contributed by atoms with Crippen LogP contribution < -0.4 is 16.0 Å². The molecule has 0 aliphatic carbocycles. The smallest absolute Gasteiger partial charge is 0.222 e. The lowest BCUT2D eigenvalue weighted by Crippen LogP contribution is -2.40. The molecule has 6 heteroatoms. The molecule has 3 N–H and O–H groups in total. The lowest BCUT2D eigenvalue weighted by atomic mass is 10.2. The Bertz CT molecular complexity index is 622. The molecule has 0 saturated heterocycles. The van der Waals surface area contributed by atoms with E-state index >= 15 is 0 Å². The van der Waals surface area contributed by atoms with E-state index < -0.39 is 0 Å². The maximum atomic E-state index is 11.8. The van der Waals surface area contributed by atoms with Gasteiger partial charge in [-0.3, -0.25) is 9.79 Å². The molecule has 1 aromatic carbocycles. The highest BCUT2D eigenvalue weighted by molar-refractivity contribution is 5.81. The van der Waals surface area contributed by atoms with Crippen molar-refractivity contribution in [3.8, 4) is 0 Å². The lowest BCUT2D eigenvalue weighted by Gasteiger charge is -2.12. The molecule has 0 unspecified atom stereocenters. The summed E-state index contributed by atoms with van der Waals surface area (Å²) < 4.78 is 2.09. The van der Waals surface area contributed by atoms with E-state index in [2.05, 4.69) is 25.5 Å². The van der Waals surface area contributed by atoms with Gasteiger partial charge in [0.2, 0.25) is 5.91 Å². The summed E-state index contributed by atoms with van der Waals surface area (Å²) in [4.78, 5) is 16.0. The van der Waals surface area contributed by atoms with Gasteiger partial charge in [0.1, 0.15) is 0 Å². The number of amides is 1. The lowest BCUT2D eigenvalue weighted by molar-refractivity contribution is -0.121. The van der Waals surface area contributed by atoms with Crippen molar-refractivity contribution in [3.63, 3.8) is 0 Å². The number of aliphatic imine (C=N–C) groups is 1. The van der Waals surface area contributed by atoms with Crippen molar-refractivity contribution < 1.29 is 4.79 Å². The monoisotopic (exact) mass is 327 g/mol. The summed E-state index contributed by atoms with van der Waals surface area (Å²) in [6.07, 6.45) is 4.45. The predicted octanol–water partition coefficient (Wildman–Crippen LogP) is 1.36. The van der Waals surface area contributed by atoms with E-state index in [4.69, 9.17) is 0 Å². The number of carbonyl (C=O) groups excluding carboxylic acids is 1. The van der Waals surface area contributed by atoms with Gasteiger partial charge in [0, 0.05) is 52.0 Å². The Balaban J connectivity index is 1.58. The summed E-state index contributed by atoms with van der Waals surface area (Å²) in [6.45, 7) is 2.74. The Morgan fingerprint density at radius 1 is 1.00 bits per heavy atom. The van der Waals surface area contributed by atoms with Gasteiger partial charge in [-0.15, -0.1) is 0 Å². The molecule has 128 valence electrons. The highest BCUT2D eigenvalue weighted by Gasteiger charge is 2.02. The van der Waals surface area contributed by atoms with Crippen LogP contribution in [0, 0.1) is 0 Å². The van der Waals surface area contributed by atoms with Gasteiger partial charge in [-0.05, 0) is 17.7 Å². The third-order valence-electron chi connectivity index (χ3n) is 3.53. The van der Waals surface area contributed by atoms with Crippen LogP contribution in [0.15, 0.2) is 59.9 Å². The van der Waals surface area contributed by atoms with Crippen LogP contribution in [0.5, 0.6) is 0 Å². The number of carbonyl (C=O) groups is 1. The number of aromatic nitrogens is 1. The molecule has 0 radical (unpaired) electrons. The normalized spacial score (nSPS) is 11.1. The van der Waals surface area contributed by atoms with Crippen molar-refractivity contribution in [3.05, 3.63) is 60.4 Å². The fraction of sp³-hybridized carbons (Fsp3) is 0.333. The van der Waals surface area contributed by atoms with Crippen molar-refractivity contribution in [2.24, 2.45) is 4.99 Å². The third kappa shape index (κ3) is 6.56. The highest BCUT2D eigenvalue weighted by atomic mass is 16.1.